The Morgan fingerprint density at radius 3 is 2.63 bits per heavy atom. The molecule has 0 aromatic heterocycles. The van der Waals surface area contributed by atoms with E-state index in [9.17, 15) is 0 Å². The highest BCUT2D eigenvalue weighted by atomic mass is 16.5. The molecule has 0 amide bonds. The van der Waals surface area contributed by atoms with E-state index in [-0.39, 0.29) is 0 Å². The predicted molar refractivity (Wildman–Crippen MR) is 79.5 cm³/mol. The summed E-state index contributed by atoms with van der Waals surface area (Å²) in [5, 5.41) is 0. The molecule has 19 heavy (non-hydrogen) atoms. The van der Waals surface area contributed by atoms with Gasteiger partial charge in [0.25, 0.3) is 0 Å². The van der Waals surface area contributed by atoms with E-state index >= 15 is 0 Å². The Hall–Kier alpha value is -1.06. The van der Waals surface area contributed by atoms with Crippen molar-refractivity contribution >= 4 is 0 Å². The van der Waals surface area contributed by atoms with Crippen LogP contribution in [0.3, 0.4) is 0 Å². The Balaban J connectivity index is 2.09. The first-order valence-corrected chi connectivity index (χ1v) is 7.20. The molecule has 1 atom stereocenters. The van der Waals surface area contributed by atoms with Crippen molar-refractivity contribution in [3.63, 3.8) is 0 Å². The molecule has 0 radical (unpaired) electrons. The van der Waals surface area contributed by atoms with E-state index in [0.29, 0.717) is 12.6 Å². The molecule has 3 nitrogen and oxygen atoms in total. The summed E-state index contributed by atoms with van der Waals surface area (Å²) in [5.74, 6) is 1.82. The van der Waals surface area contributed by atoms with Gasteiger partial charge >= 0.3 is 0 Å². The van der Waals surface area contributed by atoms with Gasteiger partial charge in [-0.2, -0.15) is 0 Å². The van der Waals surface area contributed by atoms with Crippen molar-refractivity contribution in [1.29, 1.82) is 0 Å². The molecule has 3 heteroatoms. The van der Waals surface area contributed by atoms with Crippen molar-refractivity contribution in [2.75, 3.05) is 27.2 Å². The zero-order valence-corrected chi connectivity index (χ0v) is 12.4. The van der Waals surface area contributed by atoms with E-state index in [0.717, 1.165) is 18.2 Å². The molecule has 0 bridgehead atoms. The number of hydrogen-bond acceptors (Lipinski definition) is 3. The van der Waals surface area contributed by atoms with Crippen LogP contribution >= 0.6 is 0 Å². The van der Waals surface area contributed by atoms with Gasteiger partial charge in [-0.3, -0.25) is 4.90 Å². The fourth-order valence-corrected chi connectivity index (χ4v) is 2.89. The normalized spacial score (nSPS) is 17.3. The zero-order chi connectivity index (χ0) is 13.8. The van der Waals surface area contributed by atoms with Crippen LogP contribution < -0.4 is 10.5 Å². The number of hydrogen-bond donors (Lipinski definition) is 1. The number of nitrogens with two attached hydrogens (primary N) is 1. The van der Waals surface area contributed by atoms with Gasteiger partial charge in [-0.25, -0.2) is 0 Å². The smallest absolute Gasteiger partial charge is 0.121 e. The summed E-state index contributed by atoms with van der Waals surface area (Å²) < 4.78 is 5.32. The highest BCUT2D eigenvalue weighted by Crippen LogP contribution is 2.30. The SMILES string of the molecule is COc1ccc(C(CN)N(C)CC2CCC2)cc1C. The molecule has 2 rings (SSSR count). The average Bonchev–Trinajstić information content (AvgIpc) is 2.35. The van der Waals surface area contributed by atoms with Crippen LogP contribution in [0.2, 0.25) is 0 Å². The van der Waals surface area contributed by atoms with Gasteiger partial charge in [0.2, 0.25) is 0 Å². The minimum atomic E-state index is 0.310. The fourth-order valence-electron chi connectivity index (χ4n) is 2.89. The first-order valence-electron chi connectivity index (χ1n) is 7.20. The highest BCUT2D eigenvalue weighted by Gasteiger charge is 2.23. The first kappa shape index (κ1) is 14.4. The van der Waals surface area contributed by atoms with Gasteiger partial charge in [0.05, 0.1) is 7.11 Å². The molecule has 1 saturated carbocycles. The Labute approximate surface area is 116 Å². The lowest BCUT2D eigenvalue weighted by Crippen LogP contribution is -2.36. The second kappa shape index (κ2) is 6.40. The summed E-state index contributed by atoms with van der Waals surface area (Å²) >= 11 is 0. The van der Waals surface area contributed by atoms with Gasteiger partial charge in [-0.15, -0.1) is 0 Å². The number of aryl methyl sites for hydroxylation is 1. The largest absolute Gasteiger partial charge is 0.496 e. The average molecular weight is 262 g/mol. The van der Waals surface area contributed by atoms with Crippen LogP contribution in [0.5, 0.6) is 5.75 Å². The van der Waals surface area contributed by atoms with Gasteiger partial charge in [-0.05, 0) is 49.9 Å². The molecule has 1 aromatic carbocycles. The highest BCUT2D eigenvalue weighted by molar-refractivity contribution is 5.37. The summed E-state index contributed by atoms with van der Waals surface area (Å²) in [6.07, 6.45) is 4.15. The molecule has 0 aliphatic heterocycles. The Morgan fingerprint density at radius 2 is 2.16 bits per heavy atom. The van der Waals surface area contributed by atoms with E-state index in [4.69, 9.17) is 10.5 Å². The maximum absolute atomic E-state index is 5.99. The predicted octanol–water partition coefficient (Wildman–Crippen LogP) is 2.74. The third kappa shape index (κ3) is 3.28. The van der Waals surface area contributed by atoms with Crippen molar-refractivity contribution < 1.29 is 4.74 Å². The summed E-state index contributed by atoms with van der Waals surface area (Å²) in [4.78, 5) is 2.41. The lowest BCUT2D eigenvalue weighted by Gasteiger charge is -2.34. The van der Waals surface area contributed by atoms with Gasteiger partial charge in [0.15, 0.2) is 0 Å². The van der Waals surface area contributed by atoms with Crippen LogP contribution in [-0.4, -0.2) is 32.1 Å². The molecule has 1 aliphatic rings. The lowest BCUT2D eigenvalue weighted by atomic mass is 9.84. The summed E-state index contributed by atoms with van der Waals surface area (Å²) in [6, 6.07) is 6.70. The molecular weight excluding hydrogens is 236 g/mol. The molecular formula is C16H26N2O. The Morgan fingerprint density at radius 1 is 1.42 bits per heavy atom. The van der Waals surface area contributed by atoms with Crippen molar-refractivity contribution in [1.82, 2.24) is 4.90 Å². The monoisotopic (exact) mass is 262 g/mol. The molecule has 1 fully saturated rings. The van der Waals surface area contributed by atoms with Crippen LogP contribution in [0, 0.1) is 12.8 Å². The third-order valence-electron chi connectivity index (χ3n) is 4.33. The lowest BCUT2D eigenvalue weighted by molar-refractivity contribution is 0.165. The molecule has 1 unspecified atom stereocenters. The molecule has 0 spiro atoms. The topological polar surface area (TPSA) is 38.5 Å². The van der Waals surface area contributed by atoms with Gasteiger partial charge < -0.3 is 10.5 Å². The minimum Gasteiger partial charge on any atom is -0.496 e. The van der Waals surface area contributed by atoms with Crippen molar-refractivity contribution in [2.45, 2.75) is 32.2 Å². The summed E-state index contributed by atoms with van der Waals surface area (Å²) in [5.41, 5.74) is 8.46. The van der Waals surface area contributed by atoms with Crippen molar-refractivity contribution in [2.24, 2.45) is 11.7 Å². The standard InChI is InChI=1S/C16H26N2O/c1-12-9-14(7-8-16(12)19-3)15(10-17)18(2)11-13-5-4-6-13/h7-9,13,15H,4-6,10-11,17H2,1-3H3. The van der Waals surface area contributed by atoms with E-state index in [1.54, 1.807) is 7.11 Å². The third-order valence-corrected chi connectivity index (χ3v) is 4.33. The van der Waals surface area contributed by atoms with E-state index in [2.05, 4.69) is 31.0 Å². The van der Waals surface area contributed by atoms with Crippen LogP contribution in [0.4, 0.5) is 0 Å². The van der Waals surface area contributed by atoms with E-state index < -0.39 is 0 Å². The zero-order valence-electron chi connectivity index (χ0n) is 12.4. The van der Waals surface area contributed by atoms with E-state index in [1.807, 2.05) is 6.07 Å². The number of methoxy groups -OCH3 is 1. The second-order valence-corrected chi connectivity index (χ2v) is 5.72. The van der Waals surface area contributed by atoms with Gasteiger partial charge in [0, 0.05) is 19.1 Å². The Kier molecular flexibility index (Phi) is 4.83. The molecule has 1 aromatic rings. The maximum atomic E-state index is 5.99. The van der Waals surface area contributed by atoms with Crippen LogP contribution in [-0.2, 0) is 0 Å². The molecule has 106 valence electrons. The number of rotatable bonds is 6. The number of likely N-dealkylation sites (N-methyl/N-ethyl adjacent to an activating group) is 1. The van der Waals surface area contributed by atoms with Crippen molar-refractivity contribution in [3.8, 4) is 5.75 Å². The number of ether oxygens (including phenoxy) is 1. The fraction of sp³-hybridized carbons (Fsp3) is 0.625. The Bertz CT molecular complexity index is 415. The van der Waals surface area contributed by atoms with Gasteiger partial charge in [0.1, 0.15) is 5.75 Å². The van der Waals surface area contributed by atoms with E-state index in [1.165, 1.54) is 30.4 Å². The van der Waals surface area contributed by atoms with Crippen LogP contribution in [0.1, 0.15) is 36.4 Å². The summed E-state index contributed by atoms with van der Waals surface area (Å²) in [6.45, 7) is 3.91. The van der Waals surface area contributed by atoms with Gasteiger partial charge in [-0.1, -0.05) is 18.6 Å². The van der Waals surface area contributed by atoms with Crippen molar-refractivity contribution in [3.05, 3.63) is 29.3 Å². The number of benzene rings is 1. The quantitative estimate of drug-likeness (QED) is 0.856. The molecule has 2 N–H and O–H groups in total. The maximum Gasteiger partial charge on any atom is 0.121 e. The second-order valence-electron chi connectivity index (χ2n) is 5.72. The number of nitrogens with zero attached hydrogens (tertiary/aromatic N) is 1. The van der Waals surface area contributed by atoms with Crippen LogP contribution in [0.15, 0.2) is 18.2 Å². The molecule has 1 aliphatic carbocycles. The van der Waals surface area contributed by atoms with Crippen LogP contribution in [0.25, 0.3) is 0 Å². The summed E-state index contributed by atoms with van der Waals surface area (Å²) in [7, 11) is 3.90. The molecule has 0 heterocycles. The minimum absolute atomic E-state index is 0.310. The first-order chi connectivity index (χ1) is 9.15. The molecule has 0 saturated heterocycles.